The molecule has 1 rings (SSSR count). The van der Waals surface area contributed by atoms with Gasteiger partial charge in [-0.1, -0.05) is 15.9 Å². The molecule has 1 nitrogen and oxygen atoms in total. The zero-order chi connectivity index (χ0) is 9.14. The summed E-state index contributed by atoms with van der Waals surface area (Å²) < 4.78 is 1.74. The lowest BCUT2D eigenvalue weighted by atomic mass is 10.1. The smallest absolute Gasteiger partial charge is 0.236 e. The van der Waals surface area contributed by atoms with Crippen molar-refractivity contribution in [2.75, 3.05) is 0 Å². The van der Waals surface area contributed by atoms with Gasteiger partial charge in [0, 0.05) is 13.6 Å². The van der Waals surface area contributed by atoms with E-state index in [-0.39, 0.29) is 5.78 Å². The first-order chi connectivity index (χ1) is 5.65. The van der Waals surface area contributed by atoms with Gasteiger partial charge in [0.15, 0.2) is 0 Å². The molecule has 0 spiro atoms. The standard InChI is InChI=1S/C9H4BrIO/c1-2-9(12)7-5-6(10)3-4-8(7)11/h1,3-5H. The zero-order valence-electron chi connectivity index (χ0n) is 5.97. The maximum Gasteiger partial charge on any atom is 0.236 e. The molecule has 0 heterocycles. The van der Waals surface area contributed by atoms with Crippen LogP contribution < -0.4 is 0 Å². The molecule has 0 atom stereocenters. The predicted octanol–water partition coefficient (Wildman–Crippen LogP) is 2.87. The highest BCUT2D eigenvalue weighted by molar-refractivity contribution is 14.1. The van der Waals surface area contributed by atoms with Crippen LogP contribution in [0.25, 0.3) is 0 Å². The lowest BCUT2D eigenvalue weighted by Gasteiger charge is -1.98. The summed E-state index contributed by atoms with van der Waals surface area (Å²) in [4.78, 5) is 11.1. The number of carbonyl (C=O) groups is 1. The monoisotopic (exact) mass is 334 g/mol. The number of benzene rings is 1. The summed E-state index contributed by atoms with van der Waals surface area (Å²) in [7, 11) is 0. The predicted molar refractivity (Wildman–Crippen MR) is 60.0 cm³/mol. The second-order valence-corrected chi connectivity index (χ2v) is 4.18. The van der Waals surface area contributed by atoms with Crippen molar-refractivity contribution in [3.8, 4) is 12.3 Å². The minimum atomic E-state index is -0.277. The molecule has 0 radical (unpaired) electrons. The zero-order valence-corrected chi connectivity index (χ0v) is 9.72. The minimum absolute atomic E-state index is 0.277. The fraction of sp³-hybridized carbons (Fsp3) is 0. The largest absolute Gasteiger partial charge is 0.279 e. The van der Waals surface area contributed by atoms with E-state index in [0.717, 1.165) is 8.04 Å². The summed E-state index contributed by atoms with van der Waals surface area (Å²) in [5.41, 5.74) is 0.576. The third kappa shape index (κ3) is 2.08. The second kappa shape index (κ2) is 4.06. The van der Waals surface area contributed by atoms with E-state index in [1.54, 1.807) is 6.07 Å². The Morgan fingerprint density at radius 1 is 1.58 bits per heavy atom. The maximum atomic E-state index is 11.1. The molecule has 0 aliphatic heterocycles. The number of ketones is 1. The maximum absolute atomic E-state index is 11.1. The summed E-state index contributed by atoms with van der Waals surface area (Å²) in [6.07, 6.45) is 5.00. The first-order valence-electron chi connectivity index (χ1n) is 3.11. The van der Waals surface area contributed by atoms with E-state index >= 15 is 0 Å². The molecule has 0 aromatic heterocycles. The lowest BCUT2D eigenvalue weighted by molar-refractivity contribution is 0.105. The van der Waals surface area contributed by atoms with Crippen LogP contribution in [0.3, 0.4) is 0 Å². The molecular formula is C9H4BrIO. The van der Waals surface area contributed by atoms with Crippen LogP contribution in [0.1, 0.15) is 10.4 Å². The number of hydrogen-bond donors (Lipinski definition) is 0. The van der Waals surface area contributed by atoms with Crippen LogP contribution in [0.2, 0.25) is 0 Å². The van der Waals surface area contributed by atoms with E-state index in [9.17, 15) is 4.79 Å². The van der Waals surface area contributed by atoms with E-state index in [1.807, 2.05) is 12.1 Å². The number of hydrogen-bond acceptors (Lipinski definition) is 1. The van der Waals surface area contributed by atoms with E-state index in [4.69, 9.17) is 6.42 Å². The molecule has 12 heavy (non-hydrogen) atoms. The van der Waals surface area contributed by atoms with Gasteiger partial charge >= 0.3 is 0 Å². The van der Waals surface area contributed by atoms with Gasteiger partial charge in [0.05, 0.1) is 0 Å². The van der Waals surface area contributed by atoms with Gasteiger partial charge in [0.25, 0.3) is 0 Å². The average Bonchev–Trinajstić information content (AvgIpc) is 2.08. The number of terminal acetylenes is 1. The van der Waals surface area contributed by atoms with Crippen molar-refractivity contribution in [2.45, 2.75) is 0 Å². The first-order valence-corrected chi connectivity index (χ1v) is 4.98. The molecule has 1 aromatic carbocycles. The van der Waals surface area contributed by atoms with Crippen LogP contribution in [0, 0.1) is 15.9 Å². The number of halogens is 2. The highest BCUT2D eigenvalue weighted by atomic mass is 127. The molecule has 0 bridgehead atoms. The van der Waals surface area contributed by atoms with Gasteiger partial charge in [-0.15, -0.1) is 6.42 Å². The van der Waals surface area contributed by atoms with Gasteiger partial charge in [-0.25, -0.2) is 0 Å². The Hall–Kier alpha value is -0.340. The van der Waals surface area contributed by atoms with Crippen molar-refractivity contribution in [1.29, 1.82) is 0 Å². The normalized spacial score (nSPS) is 9.08. The van der Waals surface area contributed by atoms with Gasteiger partial charge < -0.3 is 0 Å². The Bertz CT molecular complexity index is 365. The molecule has 0 saturated heterocycles. The molecule has 1 aromatic rings. The molecule has 0 fully saturated rings. The van der Waals surface area contributed by atoms with Gasteiger partial charge in [-0.3, -0.25) is 4.79 Å². The van der Waals surface area contributed by atoms with Gasteiger partial charge in [-0.05, 0) is 46.7 Å². The summed E-state index contributed by atoms with van der Waals surface area (Å²) in [6, 6.07) is 5.44. The van der Waals surface area contributed by atoms with Crippen molar-refractivity contribution in [2.24, 2.45) is 0 Å². The van der Waals surface area contributed by atoms with E-state index in [1.165, 1.54) is 0 Å². The van der Waals surface area contributed by atoms with Crippen molar-refractivity contribution in [3.05, 3.63) is 31.8 Å². The van der Waals surface area contributed by atoms with E-state index < -0.39 is 0 Å². The molecule has 0 unspecified atom stereocenters. The molecule has 3 heteroatoms. The lowest BCUT2D eigenvalue weighted by Crippen LogP contribution is -1.97. The fourth-order valence-corrected chi connectivity index (χ4v) is 1.69. The second-order valence-electron chi connectivity index (χ2n) is 2.10. The first kappa shape index (κ1) is 9.75. The molecule has 0 aliphatic rings. The Labute approximate surface area is 92.8 Å². The van der Waals surface area contributed by atoms with Crippen LogP contribution in [0.15, 0.2) is 22.7 Å². The Balaban J connectivity index is 3.25. The van der Waals surface area contributed by atoms with Crippen molar-refractivity contribution >= 4 is 44.3 Å². The Kier molecular flexibility index (Phi) is 3.29. The van der Waals surface area contributed by atoms with E-state index in [0.29, 0.717) is 5.56 Å². The Morgan fingerprint density at radius 2 is 2.25 bits per heavy atom. The molecule has 0 amide bonds. The van der Waals surface area contributed by atoms with Crippen LogP contribution in [0.5, 0.6) is 0 Å². The minimum Gasteiger partial charge on any atom is -0.279 e. The number of rotatable bonds is 1. The summed E-state index contributed by atoms with van der Waals surface area (Å²) in [6.45, 7) is 0. The van der Waals surface area contributed by atoms with Gasteiger partial charge in [-0.2, -0.15) is 0 Å². The molecular weight excluding hydrogens is 331 g/mol. The van der Waals surface area contributed by atoms with E-state index in [2.05, 4.69) is 44.4 Å². The molecule has 0 saturated carbocycles. The molecule has 0 N–H and O–H groups in total. The van der Waals surface area contributed by atoms with Crippen LogP contribution in [-0.2, 0) is 0 Å². The average molecular weight is 335 g/mol. The fourth-order valence-electron chi connectivity index (χ4n) is 0.749. The van der Waals surface area contributed by atoms with Crippen LogP contribution in [-0.4, -0.2) is 5.78 Å². The number of Topliss-reactive ketones (excluding diaryl/α,β-unsaturated/α-hetero) is 1. The Morgan fingerprint density at radius 3 is 2.83 bits per heavy atom. The van der Waals surface area contributed by atoms with Gasteiger partial charge in [0.1, 0.15) is 0 Å². The summed E-state index contributed by atoms with van der Waals surface area (Å²) in [5, 5.41) is 0. The van der Waals surface area contributed by atoms with Crippen molar-refractivity contribution in [1.82, 2.24) is 0 Å². The highest BCUT2D eigenvalue weighted by Gasteiger charge is 2.06. The SMILES string of the molecule is C#CC(=O)c1cc(Br)ccc1I. The van der Waals surface area contributed by atoms with Crippen molar-refractivity contribution < 1.29 is 4.79 Å². The van der Waals surface area contributed by atoms with Crippen LogP contribution in [0.4, 0.5) is 0 Å². The quantitative estimate of drug-likeness (QED) is 0.334. The highest BCUT2D eigenvalue weighted by Crippen LogP contribution is 2.18. The third-order valence-corrected chi connectivity index (χ3v) is 2.74. The molecule has 0 aliphatic carbocycles. The molecule has 60 valence electrons. The topological polar surface area (TPSA) is 17.1 Å². The summed E-state index contributed by atoms with van der Waals surface area (Å²) in [5.74, 6) is 1.81. The number of carbonyl (C=O) groups excluding carboxylic acids is 1. The van der Waals surface area contributed by atoms with Crippen molar-refractivity contribution in [3.63, 3.8) is 0 Å². The van der Waals surface area contributed by atoms with Crippen LogP contribution >= 0.6 is 38.5 Å². The third-order valence-electron chi connectivity index (χ3n) is 1.30. The van der Waals surface area contributed by atoms with Gasteiger partial charge in [0.2, 0.25) is 5.78 Å². The summed E-state index contributed by atoms with van der Waals surface area (Å²) >= 11 is 5.35.